The minimum atomic E-state index is -1.17. The number of carboxylic acid groups (broad SMARTS) is 1. The lowest BCUT2D eigenvalue weighted by Gasteiger charge is -2.22. The minimum absolute atomic E-state index is 0.236. The van der Waals surface area contributed by atoms with Crippen LogP contribution in [0.3, 0.4) is 0 Å². The summed E-state index contributed by atoms with van der Waals surface area (Å²) in [5, 5.41) is 12.8. The van der Waals surface area contributed by atoms with Crippen LogP contribution in [-0.2, 0) is 14.4 Å². The summed E-state index contributed by atoms with van der Waals surface area (Å²) in [6.45, 7) is 2.98. The molecule has 2 unspecified atom stereocenters. The van der Waals surface area contributed by atoms with E-state index in [2.05, 4.69) is 5.16 Å². The third-order valence-electron chi connectivity index (χ3n) is 2.97. The Bertz CT molecular complexity index is 296. The molecule has 0 aromatic heterocycles. The highest BCUT2D eigenvalue weighted by atomic mass is 16.7. The Kier molecular flexibility index (Phi) is 2.65. The summed E-state index contributed by atoms with van der Waals surface area (Å²) in [4.78, 5) is 15.9. The van der Waals surface area contributed by atoms with Crippen molar-refractivity contribution in [3.63, 3.8) is 0 Å². The van der Waals surface area contributed by atoms with Crippen LogP contribution in [0.5, 0.6) is 0 Å². The van der Waals surface area contributed by atoms with Gasteiger partial charge in [0.05, 0.1) is 12.3 Å². The molecule has 2 rings (SSSR count). The first-order valence-electron chi connectivity index (χ1n) is 5.18. The van der Waals surface area contributed by atoms with E-state index in [0.29, 0.717) is 13.0 Å². The highest BCUT2D eigenvalue weighted by Gasteiger charge is 2.43. The van der Waals surface area contributed by atoms with Gasteiger partial charge in [0.1, 0.15) is 0 Å². The van der Waals surface area contributed by atoms with Crippen LogP contribution < -0.4 is 0 Å². The third kappa shape index (κ3) is 1.97. The van der Waals surface area contributed by atoms with Crippen LogP contribution in [0.4, 0.5) is 0 Å². The molecule has 5 nitrogen and oxygen atoms in total. The zero-order valence-electron chi connectivity index (χ0n) is 8.73. The smallest absolute Gasteiger partial charge is 0.351 e. The third-order valence-corrected chi connectivity index (χ3v) is 2.97. The highest BCUT2D eigenvalue weighted by molar-refractivity contribution is 5.94. The number of rotatable bonds is 2. The number of hydrogen-bond acceptors (Lipinski definition) is 4. The molecule has 2 aliphatic heterocycles. The molecule has 15 heavy (non-hydrogen) atoms. The van der Waals surface area contributed by atoms with Gasteiger partial charge in [-0.2, -0.15) is 0 Å². The number of carboxylic acids is 1. The monoisotopic (exact) mass is 213 g/mol. The van der Waals surface area contributed by atoms with E-state index < -0.39 is 11.6 Å². The first-order chi connectivity index (χ1) is 7.12. The maximum atomic E-state index is 10.9. The number of hydrogen-bond donors (Lipinski definition) is 1. The van der Waals surface area contributed by atoms with E-state index >= 15 is 0 Å². The van der Waals surface area contributed by atoms with E-state index in [1.807, 2.05) is 0 Å². The van der Waals surface area contributed by atoms with Gasteiger partial charge in [-0.15, -0.1) is 0 Å². The summed E-state index contributed by atoms with van der Waals surface area (Å²) >= 11 is 0. The normalized spacial score (nSPS) is 35.8. The van der Waals surface area contributed by atoms with Gasteiger partial charge in [0.25, 0.3) is 0 Å². The molecule has 1 fully saturated rings. The Morgan fingerprint density at radius 1 is 1.67 bits per heavy atom. The fraction of sp³-hybridized carbons (Fsp3) is 0.800. The van der Waals surface area contributed by atoms with Crippen molar-refractivity contribution in [3.05, 3.63) is 0 Å². The first kappa shape index (κ1) is 10.4. The summed E-state index contributed by atoms with van der Waals surface area (Å²) in [6.07, 6.45) is 2.39. The first-order valence-corrected chi connectivity index (χ1v) is 5.18. The average molecular weight is 213 g/mol. The summed E-state index contributed by atoms with van der Waals surface area (Å²) in [6, 6.07) is 0. The number of oxime groups is 1. The van der Waals surface area contributed by atoms with Gasteiger partial charge in [0.2, 0.25) is 5.60 Å². The van der Waals surface area contributed by atoms with E-state index in [1.54, 1.807) is 6.92 Å². The van der Waals surface area contributed by atoms with Crippen LogP contribution in [-0.4, -0.2) is 35.6 Å². The SMILES string of the molecule is CC1(C(=O)O)CC(C2CCCOC2)=NO1. The fourth-order valence-corrected chi connectivity index (χ4v) is 1.91. The topological polar surface area (TPSA) is 68.1 Å². The van der Waals surface area contributed by atoms with Crippen molar-refractivity contribution in [1.82, 2.24) is 0 Å². The Balaban J connectivity index is 1.99. The largest absolute Gasteiger partial charge is 0.478 e. The molecule has 0 saturated carbocycles. The Labute approximate surface area is 88.0 Å². The van der Waals surface area contributed by atoms with E-state index in [1.165, 1.54) is 0 Å². The van der Waals surface area contributed by atoms with E-state index in [-0.39, 0.29) is 5.92 Å². The summed E-state index contributed by atoms with van der Waals surface area (Å²) in [7, 11) is 0. The molecule has 0 amide bonds. The number of carbonyl (C=O) groups is 1. The molecule has 2 heterocycles. The number of ether oxygens (including phenoxy) is 1. The van der Waals surface area contributed by atoms with Gasteiger partial charge in [-0.1, -0.05) is 5.16 Å². The van der Waals surface area contributed by atoms with Gasteiger partial charge in [-0.3, -0.25) is 0 Å². The lowest BCUT2D eigenvalue weighted by Crippen LogP contribution is -2.36. The molecule has 0 radical (unpaired) electrons. The number of nitrogens with zero attached hydrogens (tertiary/aromatic N) is 1. The zero-order valence-corrected chi connectivity index (χ0v) is 8.73. The Morgan fingerprint density at radius 3 is 3.00 bits per heavy atom. The molecule has 1 N–H and O–H groups in total. The minimum Gasteiger partial charge on any atom is -0.478 e. The lowest BCUT2D eigenvalue weighted by molar-refractivity contribution is -0.160. The molecule has 0 aromatic carbocycles. The van der Waals surface area contributed by atoms with Gasteiger partial charge < -0.3 is 14.7 Å². The second kappa shape index (κ2) is 3.81. The van der Waals surface area contributed by atoms with Crippen LogP contribution >= 0.6 is 0 Å². The van der Waals surface area contributed by atoms with E-state index in [0.717, 1.165) is 25.2 Å². The molecule has 2 aliphatic rings. The molecular formula is C10H15NO4. The standard InChI is InChI=1S/C10H15NO4/c1-10(9(12)13)5-8(11-15-10)7-3-2-4-14-6-7/h7H,2-6H2,1H3,(H,12,13). The molecule has 0 spiro atoms. The van der Waals surface area contributed by atoms with Crippen molar-refractivity contribution in [2.45, 2.75) is 31.8 Å². The fourth-order valence-electron chi connectivity index (χ4n) is 1.91. The van der Waals surface area contributed by atoms with Crippen LogP contribution in [0.1, 0.15) is 26.2 Å². The molecule has 1 saturated heterocycles. The van der Waals surface area contributed by atoms with Gasteiger partial charge in [0.15, 0.2) is 0 Å². The second-order valence-electron chi connectivity index (χ2n) is 4.30. The number of aliphatic carboxylic acids is 1. The lowest BCUT2D eigenvalue weighted by atomic mass is 9.89. The van der Waals surface area contributed by atoms with Crippen molar-refractivity contribution in [2.24, 2.45) is 11.1 Å². The maximum Gasteiger partial charge on any atom is 0.351 e. The van der Waals surface area contributed by atoms with Crippen molar-refractivity contribution in [1.29, 1.82) is 0 Å². The van der Waals surface area contributed by atoms with E-state index in [4.69, 9.17) is 14.7 Å². The van der Waals surface area contributed by atoms with E-state index in [9.17, 15) is 4.79 Å². The Hall–Kier alpha value is -1.10. The van der Waals surface area contributed by atoms with Crippen LogP contribution in [0.15, 0.2) is 5.16 Å². The van der Waals surface area contributed by atoms with Crippen molar-refractivity contribution >= 4 is 11.7 Å². The molecule has 84 valence electrons. The van der Waals surface area contributed by atoms with Crippen molar-refractivity contribution < 1.29 is 19.5 Å². The molecule has 0 bridgehead atoms. The molecule has 0 aromatic rings. The van der Waals surface area contributed by atoms with Crippen molar-refractivity contribution in [3.8, 4) is 0 Å². The summed E-state index contributed by atoms with van der Waals surface area (Å²) in [5.41, 5.74) is -0.341. The quantitative estimate of drug-likeness (QED) is 0.744. The molecule has 2 atom stereocenters. The van der Waals surface area contributed by atoms with Gasteiger partial charge in [0, 0.05) is 18.9 Å². The Morgan fingerprint density at radius 2 is 2.47 bits per heavy atom. The van der Waals surface area contributed by atoms with Gasteiger partial charge in [-0.25, -0.2) is 4.79 Å². The van der Waals surface area contributed by atoms with Crippen LogP contribution in [0.25, 0.3) is 0 Å². The predicted octanol–water partition coefficient (Wildman–Crippen LogP) is 1.03. The maximum absolute atomic E-state index is 10.9. The zero-order chi connectivity index (χ0) is 10.9. The average Bonchev–Trinajstić information content (AvgIpc) is 2.64. The van der Waals surface area contributed by atoms with Crippen LogP contribution in [0.2, 0.25) is 0 Å². The highest BCUT2D eigenvalue weighted by Crippen LogP contribution is 2.29. The van der Waals surface area contributed by atoms with Crippen LogP contribution in [0, 0.1) is 5.92 Å². The molecule has 0 aliphatic carbocycles. The predicted molar refractivity (Wildman–Crippen MR) is 52.7 cm³/mol. The van der Waals surface area contributed by atoms with Gasteiger partial charge >= 0.3 is 5.97 Å². The van der Waals surface area contributed by atoms with Crippen molar-refractivity contribution in [2.75, 3.05) is 13.2 Å². The van der Waals surface area contributed by atoms with Gasteiger partial charge in [-0.05, 0) is 19.8 Å². The second-order valence-corrected chi connectivity index (χ2v) is 4.30. The summed E-state index contributed by atoms with van der Waals surface area (Å²) < 4.78 is 5.34. The molecule has 5 heteroatoms. The summed E-state index contributed by atoms with van der Waals surface area (Å²) in [5.74, 6) is -0.724. The molecular weight excluding hydrogens is 198 g/mol.